The monoisotopic (exact) mass is 382 g/mol. The fourth-order valence-electron chi connectivity index (χ4n) is 1.97. The molecule has 6 nitrogen and oxygen atoms in total. The topological polar surface area (TPSA) is 106 Å². The van der Waals surface area contributed by atoms with E-state index in [1.807, 2.05) is 0 Å². The van der Waals surface area contributed by atoms with Crippen LogP contribution < -0.4 is 10.5 Å². The van der Waals surface area contributed by atoms with Crippen LogP contribution in [0.25, 0.3) is 0 Å². The highest BCUT2D eigenvalue weighted by molar-refractivity contribution is 9.10. The first-order chi connectivity index (χ1) is 9.09. The maximum atomic E-state index is 12.2. The van der Waals surface area contributed by atoms with Crippen LogP contribution in [-0.2, 0) is 19.9 Å². The van der Waals surface area contributed by atoms with Crippen molar-refractivity contribution in [3.05, 3.63) is 22.7 Å². The van der Waals surface area contributed by atoms with Crippen LogP contribution in [-0.4, -0.2) is 35.2 Å². The van der Waals surface area contributed by atoms with Crippen LogP contribution in [0.15, 0.2) is 32.5 Å². The van der Waals surface area contributed by atoms with Crippen molar-refractivity contribution in [2.75, 3.05) is 6.26 Å². The molecule has 0 aromatic heterocycles. The Morgan fingerprint density at radius 1 is 1.25 bits per heavy atom. The van der Waals surface area contributed by atoms with Gasteiger partial charge in [0.15, 0.2) is 9.84 Å². The minimum absolute atomic E-state index is 0.0189. The molecule has 0 spiro atoms. The van der Waals surface area contributed by atoms with E-state index in [1.165, 1.54) is 18.2 Å². The maximum Gasteiger partial charge on any atom is 0.241 e. The fourth-order valence-corrected chi connectivity index (χ4v) is 5.11. The number of sulfone groups is 1. The second kappa shape index (κ2) is 5.38. The van der Waals surface area contributed by atoms with E-state index >= 15 is 0 Å². The van der Waals surface area contributed by atoms with Gasteiger partial charge in [0.05, 0.1) is 9.79 Å². The van der Waals surface area contributed by atoms with E-state index in [4.69, 9.17) is 5.73 Å². The summed E-state index contributed by atoms with van der Waals surface area (Å²) in [4.78, 5) is 0.0827. The average Bonchev–Trinajstić information content (AvgIpc) is 2.24. The number of sulfonamides is 1. The van der Waals surface area contributed by atoms with Crippen LogP contribution >= 0.6 is 15.9 Å². The van der Waals surface area contributed by atoms with Gasteiger partial charge in [0.25, 0.3) is 0 Å². The number of rotatable bonds is 4. The molecule has 0 saturated heterocycles. The highest BCUT2D eigenvalue weighted by Crippen LogP contribution is 2.27. The summed E-state index contributed by atoms with van der Waals surface area (Å²) in [6.45, 7) is 0. The molecule has 0 heterocycles. The Morgan fingerprint density at radius 2 is 1.85 bits per heavy atom. The molecule has 112 valence electrons. The maximum absolute atomic E-state index is 12.2. The summed E-state index contributed by atoms with van der Waals surface area (Å²) in [5, 5.41) is 0. The molecule has 0 amide bonds. The van der Waals surface area contributed by atoms with Gasteiger partial charge in [-0.25, -0.2) is 21.6 Å². The van der Waals surface area contributed by atoms with Gasteiger partial charge in [-0.15, -0.1) is 0 Å². The Hall–Kier alpha value is -0.480. The molecule has 1 aromatic rings. The van der Waals surface area contributed by atoms with Crippen molar-refractivity contribution >= 4 is 35.8 Å². The lowest BCUT2D eigenvalue weighted by Crippen LogP contribution is -2.50. The Labute approximate surface area is 126 Å². The van der Waals surface area contributed by atoms with E-state index in [1.54, 1.807) is 0 Å². The van der Waals surface area contributed by atoms with Crippen molar-refractivity contribution in [2.45, 2.75) is 34.7 Å². The largest absolute Gasteiger partial charge is 0.328 e. The van der Waals surface area contributed by atoms with Crippen molar-refractivity contribution < 1.29 is 16.8 Å². The molecule has 1 fully saturated rings. The van der Waals surface area contributed by atoms with Gasteiger partial charge in [-0.2, -0.15) is 0 Å². The van der Waals surface area contributed by atoms with Gasteiger partial charge >= 0.3 is 0 Å². The van der Waals surface area contributed by atoms with Crippen LogP contribution in [0, 0.1) is 0 Å². The molecule has 20 heavy (non-hydrogen) atoms. The van der Waals surface area contributed by atoms with Crippen molar-refractivity contribution in [2.24, 2.45) is 5.73 Å². The summed E-state index contributed by atoms with van der Waals surface area (Å²) in [5.41, 5.74) is 5.61. The van der Waals surface area contributed by atoms with Crippen molar-refractivity contribution in [1.82, 2.24) is 4.72 Å². The van der Waals surface area contributed by atoms with Crippen LogP contribution in [0.4, 0.5) is 0 Å². The Bertz CT molecular complexity index is 725. The van der Waals surface area contributed by atoms with E-state index in [0.29, 0.717) is 12.8 Å². The van der Waals surface area contributed by atoms with E-state index in [9.17, 15) is 16.8 Å². The first kappa shape index (κ1) is 15.9. The molecule has 1 aliphatic rings. The minimum atomic E-state index is -3.68. The van der Waals surface area contributed by atoms with Crippen LogP contribution in [0.3, 0.4) is 0 Å². The van der Waals surface area contributed by atoms with Crippen LogP contribution in [0.5, 0.6) is 0 Å². The van der Waals surface area contributed by atoms with E-state index in [0.717, 1.165) is 6.26 Å². The zero-order valence-electron chi connectivity index (χ0n) is 10.7. The van der Waals surface area contributed by atoms with E-state index in [-0.39, 0.29) is 26.3 Å². The van der Waals surface area contributed by atoms with Gasteiger partial charge in [-0.1, -0.05) is 0 Å². The molecule has 1 aliphatic carbocycles. The van der Waals surface area contributed by atoms with Gasteiger partial charge in [0, 0.05) is 22.8 Å². The number of benzene rings is 1. The van der Waals surface area contributed by atoms with Crippen molar-refractivity contribution in [3.63, 3.8) is 0 Å². The van der Waals surface area contributed by atoms with Crippen LogP contribution in [0.1, 0.15) is 12.8 Å². The lowest BCUT2D eigenvalue weighted by atomic mass is 9.89. The summed E-state index contributed by atoms with van der Waals surface area (Å²) in [6.07, 6.45) is 2.29. The highest BCUT2D eigenvalue weighted by atomic mass is 79.9. The standard InChI is InChI=1S/C11H15BrN2O4S2/c1-19(15,16)9-2-3-11(10(12)6-9)20(17,18)14-8-4-7(13)5-8/h2-3,6-8,14H,4-5,13H2,1H3. The summed E-state index contributed by atoms with van der Waals surface area (Å²) < 4.78 is 50.0. The molecule has 1 aromatic carbocycles. The SMILES string of the molecule is CS(=O)(=O)c1ccc(S(=O)(=O)NC2CC(N)C2)c(Br)c1. The van der Waals surface area contributed by atoms with Gasteiger partial charge in [0.1, 0.15) is 0 Å². The normalized spacial score (nSPS) is 23.4. The molecule has 3 N–H and O–H groups in total. The molecule has 0 radical (unpaired) electrons. The van der Waals surface area contributed by atoms with Crippen molar-refractivity contribution in [3.8, 4) is 0 Å². The third-order valence-corrected chi connectivity index (χ3v) is 6.72. The molecule has 9 heteroatoms. The Morgan fingerprint density at radius 3 is 2.30 bits per heavy atom. The second-order valence-corrected chi connectivity index (χ2v) is 9.47. The van der Waals surface area contributed by atoms with Gasteiger partial charge in [0.2, 0.25) is 10.0 Å². The smallest absolute Gasteiger partial charge is 0.241 e. The summed E-state index contributed by atoms with van der Waals surface area (Å²) in [7, 11) is -7.06. The molecule has 0 unspecified atom stereocenters. The lowest BCUT2D eigenvalue weighted by Gasteiger charge is -2.32. The number of nitrogens with two attached hydrogens (primary N) is 1. The molecule has 0 bridgehead atoms. The van der Waals surface area contributed by atoms with Gasteiger partial charge in [-0.05, 0) is 47.0 Å². The summed E-state index contributed by atoms with van der Waals surface area (Å²) >= 11 is 3.11. The summed E-state index contributed by atoms with van der Waals surface area (Å²) in [5.74, 6) is 0. The number of halogens is 1. The molecule has 0 atom stereocenters. The van der Waals surface area contributed by atoms with Crippen molar-refractivity contribution in [1.29, 1.82) is 0 Å². The Balaban J connectivity index is 2.28. The molecular weight excluding hydrogens is 368 g/mol. The minimum Gasteiger partial charge on any atom is -0.328 e. The Kier molecular flexibility index (Phi) is 4.27. The predicted octanol–water partition coefficient (Wildman–Crippen LogP) is 0.621. The highest BCUT2D eigenvalue weighted by Gasteiger charge is 2.31. The van der Waals surface area contributed by atoms with E-state index in [2.05, 4.69) is 20.7 Å². The predicted molar refractivity (Wildman–Crippen MR) is 78.6 cm³/mol. The first-order valence-electron chi connectivity index (χ1n) is 5.87. The molecular formula is C11H15BrN2O4S2. The van der Waals surface area contributed by atoms with Gasteiger partial charge < -0.3 is 5.73 Å². The average molecular weight is 383 g/mol. The molecule has 2 rings (SSSR count). The number of hydrogen-bond acceptors (Lipinski definition) is 5. The zero-order chi connectivity index (χ0) is 15.1. The van der Waals surface area contributed by atoms with Gasteiger partial charge in [-0.3, -0.25) is 0 Å². The third-order valence-electron chi connectivity index (χ3n) is 3.12. The zero-order valence-corrected chi connectivity index (χ0v) is 13.9. The van der Waals surface area contributed by atoms with E-state index < -0.39 is 19.9 Å². The number of hydrogen-bond donors (Lipinski definition) is 2. The third kappa shape index (κ3) is 3.40. The summed E-state index contributed by atoms with van der Waals surface area (Å²) in [6, 6.07) is 3.73. The fraction of sp³-hybridized carbons (Fsp3) is 0.455. The number of nitrogens with one attached hydrogen (secondary N) is 1. The molecule has 1 saturated carbocycles. The lowest BCUT2D eigenvalue weighted by molar-refractivity contribution is 0.327. The molecule has 0 aliphatic heterocycles. The first-order valence-corrected chi connectivity index (χ1v) is 10.0. The second-order valence-electron chi connectivity index (χ2n) is 4.91. The quantitative estimate of drug-likeness (QED) is 0.793. The van der Waals surface area contributed by atoms with Crippen LogP contribution in [0.2, 0.25) is 0 Å².